The number of hydrogen-bond acceptors (Lipinski definition) is 2. The fourth-order valence-electron chi connectivity index (χ4n) is 3.03. The van der Waals surface area contributed by atoms with E-state index >= 15 is 0 Å². The van der Waals surface area contributed by atoms with Crippen LogP contribution in [0.4, 0.5) is 0 Å². The molecule has 108 valence electrons. The molecule has 1 N–H and O–H groups in total. The van der Waals surface area contributed by atoms with Gasteiger partial charge in [0.15, 0.2) is 0 Å². The third-order valence-corrected chi connectivity index (χ3v) is 4.80. The second-order valence-corrected chi connectivity index (χ2v) is 6.50. The van der Waals surface area contributed by atoms with Crippen LogP contribution in [0.3, 0.4) is 0 Å². The van der Waals surface area contributed by atoms with Crippen molar-refractivity contribution >= 4 is 0 Å². The van der Waals surface area contributed by atoms with Gasteiger partial charge in [0.05, 0.1) is 0 Å². The first-order chi connectivity index (χ1) is 8.62. The van der Waals surface area contributed by atoms with Crippen LogP contribution >= 0.6 is 0 Å². The van der Waals surface area contributed by atoms with Gasteiger partial charge in [-0.3, -0.25) is 0 Å². The molecule has 0 aromatic rings. The largest absolute Gasteiger partial charge is 0.316 e. The maximum atomic E-state index is 3.54. The maximum absolute atomic E-state index is 3.54. The third-order valence-electron chi connectivity index (χ3n) is 4.80. The first-order valence-corrected chi connectivity index (χ1v) is 8.05. The van der Waals surface area contributed by atoms with Crippen molar-refractivity contribution in [2.75, 3.05) is 32.7 Å². The highest BCUT2D eigenvalue weighted by Gasteiger charge is 2.30. The Morgan fingerprint density at radius 1 is 1.11 bits per heavy atom. The molecule has 0 atom stereocenters. The van der Waals surface area contributed by atoms with Gasteiger partial charge < -0.3 is 10.2 Å². The minimum atomic E-state index is 0.673. The van der Waals surface area contributed by atoms with Crippen LogP contribution in [-0.2, 0) is 0 Å². The lowest BCUT2D eigenvalue weighted by molar-refractivity contribution is 0.0947. The second-order valence-electron chi connectivity index (χ2n) is 6.50. The highest BCUT2D eigenvalue weighted by molar-refractivity contribution is 4.83. The first kappa shape index (κ1) is 16.0. The molecular formula is C16H34N2. The monoisotopic (exact) mass is 254 g/mol. The lowest BCUT2D eigenvalue weighted by Gasteiger charge is -2.41. The molecule has 1 heterocycles. The summed E-state index contributed by atoms with van der Waals surface area (Å²) in [6, 6.07) is 0. The van der Waals surface area contributed by atoms with Gasteiger partial charge in [-0.15, -0.1) is 0 Å². The van der Waals surface area contributed by atoms with Crippen LogP contribution in [0.2, 0.25) is 0 Å². The Labute approximate surface area is 115 Å². The molecule has 0 aliphatic carbocycles. The van der Waals surface area contributed by atoms with Crippen LogP contribution in [0.1, 0.15) is 59.8 Å². The molecule has 1 fully saturated rings. The summed E-state index contributed by atoms with van der Waals surface area (Å²) in [6.07, 6.45) is 6.87. The van der Waals surface area contributed by atoms with Gasteiger partial charge in [-0.1, -0.05) is 40.5 Å². The van der Waals surface area contributed by atoms with Crippen molar-refractivity contribution in [3.63, 3.8) is 0 Å². The highest BCUT2D eigenvalue weighted by Crippen LogP contribution is 2.37. The van der Waals surface area contributed by atoms with Crippen molar-refractivity contribution in [3.8, 4) is 0 Å². The number of nitrogens with one attached hydrogen (secondary N) is 1. The zero-order valence-corrected chi connectivity index (χ0v) is 13.1. The van der Waals surface area contributed by atoms with E-state index in [4.69, 9.17) is 0 Å². The van der Waals surface area contributed by atoms with Crippen LogP contribution in [0, 0.1) is 11.3 Å². The van der Waals surface area contributed by atoms with Crippen LogP contribution < -0.4 is 5.32 Å². The molecule has 0 spiro atoms. The van der Waals surface area contributed by atoms with E-state index in [2.05, 4.69) is 37.9 Å². The lowest BCUT2D eigenvalue weighted by atomic mass is 9.74. The number of likely N-dealkylation sites (tertiary alicyclic amines) is 1. The molecule has 1 aliphatic rings. The quantitative estimate of drug-likeness (QED) is 0.667. The average Bonchev–Trinajstić information content (AvgIpc) is 2.39. The van der Waals surface area contributed by atoms with Crippen molar-refractivity contribution in [3.05, 3.63) is 0 Å². The minimum absolute atomic E-state index is 0.673. The van der Waals surface area contributed by atoms with Gasteiger partial charge in [-0.2, -0.15) is 0 Å². The van der Waals surface area contributed by atoms with E-state index in [0.717, 1.165) is 12.5 Å². The number of rotatable bonds is 8. The van der Waals surface area contributed by atoms with E-state index in [0.29, 0.717) is 5.41 Å². The molecule has 0 unspecified atom stereocenters. The summed E-state index contributed by atoms with van der Waals surface area (Å²) in [5.74, 6) is 0.773. The molecule has 2 nitrogen and oxygen atoms in total. The SMILES string of the molecule is CCC1(CC)CCN(CCCNCC(C)C)CC1. The molecule has 0 aromatic heterocycles. The molecule has 2 heteroatoms. The summed E-state index contributed by atoms with van der Waals surface area (Å²) in [7, 11) is 0. The predicted molar refractivity (Wildman–Crippen MR) is 81.0 cm³/mol. The van der Waals surface area contributed by atoms with Gasteiger partial charge in [0.25, 0.3) is 0 Å². The number of piperidine rings is 1. The topological polar surface area (TPSA) is 15.3 Å². The van der Waals surface area contributed by atoms with E-state index in [1.165, 1.54) is 58.3 Å². The number of nitrogens with zero attached hydrogens (tertiary/aromatic N) is 1. The summed E-state index contributed by atoms with van der Waals surface area (Å²) in [6.45, 7) is 15.6. The van der Waals surface area contributed by atoms with Crippen molar-refractivity contribution in [2.45, 2.75) is 59.8 Å². The Hall–Kier alpha value is -0.0800. The van der Waals surface area contributed by atoms with Crippen LogP contribution in [-0.4, -0.2) is 37.6 Å². The van der Waals surface area contributed by atoms with Crippen LogP contribution in [0.15, 0.2) is 0 Å². The van der Waals surface area contributed by atoms with Gasteiger partial charge in [0, 0.05) is 0 Å². The van der Waals surface area contributed by atoms with E-state index in [1.807, 2.05) is 0 Å². The van der Waals surface area contributed by atoms with Gasteiger partial charge in [0.1, 0.15) is 0 Å². The Balaban J connectivity index is 2.09. The molecule has 0 bridgehead atoms. The van der Waals surface area contributed by atoms with Gasteiger partial charge in [0.2, 0.25) is 0 Å². The summed E-state index contributed by atoms with van der Waals surface area (Å²) >= 11 is 0. The first-order valence-electron chi connectivity index (χ1n) is 8.05. The van der Waals surface area contributed by atoms with Crippen LogP contribution in [0.5, 0.6) is 0 Å². The lowest BCUT2D eigenvalue weighted by Crippen LogP contribution is -2.40. The van der Waals surface area contributed by atoms with Crippen molar-refractivity contribution < 1.29 is 0 Å². The Morgan fingerprint density at radius 3 is 2.22 bits per heavy atom. The molecule has 18 heavy (non-hydrogen) atoms. The Morgan fingerprint density at radius 2 is 1.72 bits per heavy atom. The van der Waals surface area contributed by atoms with E-state index in [-0.39, 0.29) is 0 Å². The zero-order valence-electron chi connectivity index (χ0n) is 13.1. The second kappa shape index (κ2) is 8.16. The maximum Gasteiger partial charge on any atom is -0.000663 e. The smallest absolute Gasteiger partial charge is 0.000663 e. The zero-order chi connectivity index (χ0) is 13.4. The molecule has 0 saturated carbocycles. The molecule has 0 amide bonds. The fourth-order valence-corrected chi connectivity index (χ4v) is 3.03. The van der Waals surface area contributed by atoms with E-state index in [1.54, 1.807) is 0 Å². The van der Waals surface area contributed by atoms with Crippen LogP contribution in [0.25, 0.3) is 0 Å². The van der Waals surface area contributed by atoms with Crippen molar-refractivity contribution in [1.29, 1.82) is 0 Å². The molecule has 1 rings (SSSR count). The van der Waals surface area contributed by atoms with Crippen molar-refractivity contribution in [2.24, 2.45) is 11.3 Å². The fraction of sp³-hybridized carbons (Fsp3) is 1.00. The molecule has 1 aliphatic heterocycles. The van der Waals surface area contributed by atoms with E-state index < -0.39 is 0 Å². The van der Waals surface area contributed by atoms with Gasteiger partial charge in [-0.05, 0) is 63.3 Å². The van der Waals surface area contributed by atoms with Gasteiger partial charge in [-0.25, -0.2) is 0 Å². The molecule has 1 saturated heterocycles. The highest BCUT2D eigenvalue weighted by atomic mass is 15.1. The standard InChI is InChI=1S/C16H34N2/c1-5-16(6-2)8-12-18(13-9-16)11-7-10-17-14-15(3)4/h15,17H,5-14H2,1-4H3. The Kier molecular flexibility index (Phi) is 7.25. The van der Waals surface area contributed by atoms with E-state index in [9.17, 15) is 0 Å². The number of hydrogen-bond donors (Lipinski definition) is 1. The summed E-state index contributed by atoms with van der Waals surface area (Å²) in [5, 5.41) is 3.54. The van der Waals surface area contributed by atoms with Crippen molar-refractivity contribution in [1.82, 2.24) is 10.2 Å². The van der Waals surface area contributed by atoms with Gasteiger partial charge >= 0.3 is 0 Å². The summed E-state index contributed by atoms with van der Waals surface area (Å²) in [5.41, 5.74) is 0.673. The molecule has 0 radical (unpaired) electrons. The average molecular weight is 254 g/mol. The predicted octanol–water partition coefficient (Wildman–Crippen LogP) is 3.52. The third kappa shape index (κ3) is 5.27. The molecule has 0 aromatic carbocycles. The Bertz CT molecular complexity index is 199. The summed E-state index contributed by atoms with van der Waals surface area (Å²) in [4.78, 5) is 2.67. The minimum Gasteiger partial charge on any atom is -0.316 e. The molecular weight excluding hydrogens is 220 g/mol. The normalized spacial score (nSPS) is 20.5. The summed E-state index contributed by atoms with van der Waals surface area (Å²) < 4.78 is 0.